The Balaban J connectivity index is 1.77. The van der Waals surface area contributed by atoms with Crippen molar-refractivity contribution in [2.75, 3.05) is 25.0 Å². The summed E-state index contributed by atoms with van der Waals surface area (Å²) in [6, 6.07) is 5.90. The number of rotatable bonds is 2. The maximum atomic E-state index is 12.4. The average Bonchev–Trinajstić information content (AvgIpc) is 2.43. The van der Waals surface area contributed by atoms with E-state index < -0.39 is 0 Å². The van der Waals surface area contributed by atoms with Crippen molar-refractivity contribution in [2.24, 2.45) is 5.92 Å². The molecule has 3 rings (SSSR count). The number of carbonyl (C=O) groups is 1. The van der Waals surface area contributed by atoms with Crippen LogP contribution >= 0.6 is 0 Å². The van der Waals surface area contributed by atoms with E-state index >= 15 is 0 Å². The van der Waals surface area contributed by atoms with Crippen LogP contribution < -0.4 is 10.6 Å². The van der Waals surface area contributed by atoms with Crippen LogP contribution in [-0.2, 0) is 0 Å². The fourth-order valence-electron chi connectivity index (χ4n) is 3.46. The Kier molecular flexibility index (Phi) is 3.66. The third-order valence-electron chi connectivity index (χ3n) is 4.57. The van der Waals surface area contributed by atoms with Crippen molar-refractivity contribution in [1.82, 2.24) is 10.2 Å². The van der Waals surface area contributed by atoms with Crippen molar-refractivity contribution in [2.45, 2.75) is 39.3 Å². The Morgan fingerprint density at radius 1 is 1.24 bits per heavy atom. The summed E-state index contributed by atoms with van der Waals surface area (Å²) in [5, 5.41) is 6.84. The van der Waals surface area contributed by atoms with Gasteiger partial charge in [0, 0.05) is 32.5 Å². The summed E-state index contributed by atoms with van der Waals surface area (Å²) >= 11 is 0. The molecule has 4 nitrogen and oxygen atoms in total. The Morgan fingerprint density at radius 3 is 2.62 bits per heavy atom. The number of hydrogen-bond acceptors (Lipinski definition) is 3. The molecule has 1 fully saturated rings. The van der Waals surface area contributed by atoms with Gasteiger partial charge in [-0.3, -0.25) is 4.79 Å². The van der Waals surface area contributed by atoms with Gasteiger partial charge in [0.2, 0.25) is 0 Å². The van der Waals surface area contributed by atoms with Gasteiger partial charge in [0.25, 0.3) is 5.91 Å². The second-order valence-corrected chi connectivity index (χ2v) is 6.85. The van der Waals surface area contributed by atoms with Crippen molar-refractivity contribution in [1.29, 1.82) is 0 Å². The highest BCUT2D eigenvalue weighted by atomic mass is 16.2. The Hall–Kier alpha value is -1.55. The number of fused-ring (bicyclic) bond motifs is 1. The molecular weight excluding hydrogens is 262 g/mol. The molecule has 1 aromatic carbocycles. The number of hydrogen-bond donors (Lipinski definition) is 2. The van der Waals surface area contributed by atoms with Crippen LogP contribution in [0.1, 0.15) is 42.6 Å². The molecule has 1 aromatic rings. The minimum absolute atomic E-state index is 0.0600. The smallest absolute Gasteiger partial charge is 0.255 e. The average molecular weight is 287 g/mol. The number of likely N-dealkylation sites (tertiary alicyclic amines) is 1. The molecule has 0 aliphatic carbocycles. The van der Waals surface area contributed by atoms with Crippen LogP contribution in [0.3, 0.4) is 0 Å². The summed E-state index contributed by atoms with van der Waals surface area (Å²) < 4.78 is 0. The SMILES string of the molecule is Cc1cccc2c1NC1(CCN(CC(C)C)CC1)NC2=O. The van der Waals surface area contributed by atoms with E-state index in [2.05, 4.69) is 42.4 Å². The van der Waals surface area contributed by atoms with Crippen molar-refractivity contribution in [3.05, 3.63) is 29.3 Å². The Bertz CT molecular complexity index is 545. The van der Waals surface area contributed by atoms with E-state index in [1.54, 1.807) is 0 Å². The normalized spacial score (nSPS) is 21.0. The number of benzene rings is 1. The minimum atomic E-state index is -0.260. The summed E-state index contributed by atoms with van der Waals surface area (Å²) in [6.07, 6.45) is 1.92. The van der Waals surface area contributed by atoms with Crippen molar-refractivity contribution in [3.63, 3.8) is 0 Å². The number of carbonyl (C=O) groups excluding carboxylic acids is 1. The Labute approximate surface area is 126 Å². The Morgan fingerprint density at radius 2 is 1.95 bits per heavy atom. The summed E-state index contributed by atoms with van der Waals surface area (Å²) in [4.78, 5) is 14.9. The van der Waals surface area contributed by atoms with E-state index in [1.807, 2.05) is 12.1 Å². The largest absolute Gasteiger partial charge is 0.362 e. The quantitative estimate of drug-likeness (QED) is 0.879. The number of nitrogens with one attached hydrogen (secondary N) is 2. The first-order valence-electron chi connectivity index (χ1n) is 7.92. The van der Waals surface area contributed by atoms with Crippen LogP contribution in [0, 0.1) is 12.8 Å². The van der Waals surface area contributed by atoms with Crippen LogP contribution in [0.4, 0.5) is 5.69 Å². The zero-order chi connectivity index (χ0) is 15.0. The molecule has 1 amide bonds. The molecule has 4 heteroatoms. The van der Waals surface area contributed by atoms with Crippen molar-refractivity contribution in [3.8, 4) is 0 Å². The fourth-order valence-corrected chi connectivity index (χ4v) is 3.46. The van der Waals surface area contributed by atoms with Crippen LogP contribution in [0.25, 0.3) is 0 Å². The van der Waals surface area contributed by atoms with Crippen LogP contribution in [0.15, 0.2) is 18.2 Å². The predicted octanol–water partition coefficient (Wildman–Crippen LogP) is 2.60. The molecule has 0 radical (unpaired) electrons. The number of amides is 1. The van der Waals surface area contributed by atoms with Gasteiger partial charge in [-0.1, -0.05) is 26.0 Å². The number of para-hydroxylation sites is 1. The summed E-state index contributed by atoms with van der Waals surface area (Å²) in [5.41, 5.74) is 2.67. The molecule has 1 spiro atoms. The molecule has 2 aliphatic heterocycles. The molecule has 114 valence electrons. The van der Waals surface area contributed by atoms with E-state index in [-0.39, 0.29) is 11.6 Å². The first-order valence-corrected chi connectivity index (χ1v) is 7.92. The highest BCUT2D eigenvalue weighted by molar-refractivity contribution is 6.02. The van der Waals surface area contributed by atoms with Crippen molar-refractivity contribution >= 4 is 11.6 Å². The molecule has 0 bridgehead atoms. The molecule has 0 saturated carbocycles. The van der Waals surface area contributed by atoms with Crippen LogP contribution in [0.5, 0.6) is 0 Å². The van der Waals surface area contributed by atoms with Crippen LogP contribution in [-0.4, -0.2) is 36.1 Å². The number of piperidine rings is 1. The van der Waals surface area contributed by atoms with Gasteiger partial charge in [-0.2, -0.15) is 0 Å². The third-order valence-corrected chi connectivity index (χ3v) is 4.57. The standard InChI is InChI=1S/C17H25N3O/c1-12(2)11-20-9-7-17(8-10-20)18-15-13(3)5-4-6-14(15)16(21)19-17/h4-6,12,18H,7-11H2,1-3H3,(H,19,21). The summed E-state index contributed by atoms with van der Waals surface area (Å²) in [6.45, 7) is 9.78. The highest BCUT2D eigenvalue weighted by Crippen LogP contribution is 2.33. The lowest BCUT2D eigenvalue weighted by molar-refractivity contribution is 0.0817. The molecule has 21 heavy (non-hydrogen) atoms. The number of aryl methyl sites for hydroxylation is 1. The van der Waals surface area contributed by atoms with Crippen LogP contribution in [0.2, 0.25) is 0 Å². The van der Waals surface area contributed by atoms with Gasteiger partial charge < -0.3 is 15.5 Å². The maximum Gasteiger partial charge on any atom is 0.255 e. The number of nitrogens with zero attached hydrogens (tertiary/aromatic N) is 1. The van der Waals surface area contributed by atoms with Gasteiger partial charge in [-0.05, 0) is 24.5 Å². The first kappa shape index (κ1) is 14.4. The fraction of sp³-hybridized carbons (Fsp3) is 0.588. The van der Waals surface area contributed by atoms with Crippen molar-refractivity contribution < 1.29 is 4.79 Å². The molecule has 0 aromatic heterocycles. The van der Waals surface area contributed by atoms with Gasteiger partial charge in [0.15, 0.2) is 0 Å². The zero-order valence-electron chi connectivity index (χ0n) is 13.2. The third kappa shape index (κ3) is 2.77. The van der Waals surface area contributed by atoms with E-state index in [1.165, 1.54) is 0 Å². The molecule has 2 N–H and O–H groups in total. The molecular formula is C17H25N3O. The van der Waals surface area contributed by atoms with E-state index in [0.29, 0.717) is 5.92 Å². The second-order valence-electron chi connectivity index (χ2n) is 6.85. The van der Waals surface area contributed by atoms with Gasteiger partial charge in [0.05, 0.1) is 11.3 Å². The predicted molar refractivity (Wildman–Crippen MR) is 85.5 cm³/mol. The van der Waals surface area contributed by atoms with Gasteiger partial charge >= 0.3 is 0 Å². The molecule has 2 heterocycles. The lowest BCUT2D eigenvalue weighted by Gasteiger charge is -2.46. The molecule has 2 aliphatic rings. The second kappa shape index (κ2) is 5.34. The summed E-state index contributed by atoms with van der Waals surface area (Å²) in [5.74, 6) is 0.751. The zero-order valence-corrected chi connectivity index (χ0v) is 13.2. The molecule has 1 saturated heterocycles. The summed E-state index contributed by atoms with van der Waals surface area (Å²) in [7, 11) is 0. The maximum absolute atomic E-state index is 12.4. The minimum Gasteiger partial charge on any atom is -0.362 e. The van der Waals surface area contributed by atoms with E-state index in [4.69, 9.17) is 0 Å². The highest BCUT2D eigenvalue weighted by Gasteiger charge is 2.40. The van der Waals surface area contributed by atoms with Gasteiger partial charge in [0.1, 0.15) is 5.66 Å². The van der Waals surface area contributed by atoms with Gasteiger partial charge in [-0.25, -0.2) is 0 Å². The monoisotopic (exact) mass is 287 g/mol. The first-order chi connectivity index (χ1) is 9.99. The molecule has 0 unspecified atom stereocenters. The van der Waals surface area contributed by atoms with E-state index in [9.17, 15) is 4.79 Å². The topological polar surface area (TPSA) is 44.4 Å². The molecule has 0 atom stereocenters. The lowest BCUT2D eigenvalue weighted by atomic mass is 9.91. The van der Waals surface area contributed by atoms with Gasteiger partial charge in [-0.15, -0.1) is 0 Å². The van der Waals surface area contributed by atoms with E-state index in [0.717, 1.165) is 49.3 Å². The number of anilines is 1. The lowest BCUT2D eigenvalue weighted by Crippen LogP contribution is -2.62.